The SMILES string of the molecule is Cn1ncc2c(=O)n(CCC(=O)Nc3ccccc3I)cnc21. The van der Waals surface area contributed by atoms with Gasteiger partial charge >= 0.3 is 0 Å². The standard InChI is InChI=1S/C15H14IN5O2/c1-20-14-10(8-18-20)15(23)21(9-17-14)7-6-13(22)19-12-5-3-2-4-11(12)16/h2-5,8-9H,6-7H2,1H3,(H,19,22). The molecule has 3 rings (SSSR count). The van der Waals surface area contributed by atoms with Gasteiger partial charge in [-0.05, 0) is 34.7 Å². The van der Waals surface area contributed by atoms with Crippen LogP contribution in [0.1, 0.15) is 6.42 Å². The third-order valence-corrected chi connectivity index (χ3v) is 4.39. The summed E-state index contributed by atoms with van der Waals surface area (Å²) >= 11 is 2.16. The molecular weight excluding hydrogens is 409 g/mol. The molecule has 0 unspecified atom stereocenters. The number of carbonyl (C=O) groups excluding carboxylic acids is 1. The molecule has 0 atom stereocenters. The number of aromatic nitrogens is 4. The summed E-state index contributed by atoms with van der Waals surface area (Å²) in [5.41, 5.74) is 1.12. The molecule has 0 bridgehead atoms. The molecule has 3 aromatic rings. The summed E-state index contributed by atoms with van der Waals surface area (Å²) in [6, 6.07) is 7.53. The molecule has 1 N–H and O–H groups in total. The molecule has 2 aromatic heterocycles. The van der Waals surface area contributed by atoms with Gasteiger partial charge in [-0.15, -0.1) is 0 Å². The maximum Gasteiger partial charge on any atom is 0.264 e. The van der Waals surface area contributed by atoms with E-state index < -0.39 is 0 Å². The molecule has 0 saturated carbocycles. The molecule has 23 heavy (non-hydrogen) atoms. The van der Waals surface area contributed by atoms with Crippen LogP contribution < -0.4 is 10.9 Å². The van der Waals surface area contributed by atoms with Crippen LogP contribution in [0.4, 0.5) is 5.69 Å². The quantitative estimate of drug-likeness (QED) is 0.649. The van der Waals surface area contributed by atoms with Crippen LogP contribution in [0.5, 0.6) is 0 Å². The minimum Gasteiger partial charge on any atom is -0.325 e. The molecule has 0 fully saturated rings. The van der Waals surface area contributed by atoms with E-state index in [-0.39, 0.29) is 24.4 Å². The van der Waals surface area contributed by atoms with Gasteiger partial charge in [-0.1, -0.05) is 12.1 Å². The molecule has 0 saturated heterocycles. The molecule has 0 aliphatic rings. The maximum atomic E-state index is 12.3. The number of amides is 1. The second kappa shape index (κ2) is 6.49. The van der Waals surface area contributed by atoms with Crippen molar-refractivity contribution in [1.29, 1.82) is 0 Å². The summed E-state index contributed by atoms with van der Waals surface area (Å²) in [5, 5.41) is 7.31. The Balaban J connectivity index is 1.71. The van der Waals surface area contributed by atoms with Crippen molar-refractivity contribution in [3.05, 3.63) is 50.7 Å². The summed E-state index contributed by atoms with van der Waals surface area (Å²) < 4.78 is 3.94. The van der Waals surface area contributed by atoms with Crippen molar-refractivity contribution >= 4 is 45.2 Å². The van der Waals surface area contributed by atoms with Gasteiger partial charge in [0.15, 0.2) is 5.65 Å². The highest BCUT2D eigenvalue weighted by atomic mass is 127. The third-order valence-electron chi connectivity index (χ3n) is 3.45. The zero-order chi connectivity index (χ0) is 16.4. The molecule has 1 aromatic carbocycles. The summed E-state index contributed by atoms with van der Waals surface area (Å²) in [4.78, 5) is 28.6. The summed E-state index contributed by atoms with van der Waals surface area (Å²) in [6.07, 6.45) is 3.14. The van der Waals surface area contributed by atoms with Crippen LogP contribution >= 0.6 is 22.6 Å². The molecule has 0 spiro atoms. The number of hydrogen-bond donors (Lipinski definition) is 1. The van der Waals surface area contributed by atoms with Gasteiger partial charge in [0.25, 0.3) is 5.56 Å². The fraction of sp³-hybridized carbons (Fsp3) is 0.200. The predicted molar refractivity (Wildman–Crippen MR) is 95.2 cm³/mol. The van der Waals surface area contributed by atoms with E-state index in [1.54, 1.807) is 11.7 Å². The van der Waals surface area contributed by atoms with Gasteiger partial charge in [0.1, 0.15) is 5.39 Å². The Morgan fingerprint density at radius 2 is 2.13 bits per heavy atom. The maximum absolute atomic E-state index is 12.3. The average Bonchev–Trinajstić information content (AvgIpc) is 2.91. The Morgan fingerprint density at radius 1 is 1.35 bits per heavy atom. The Bertz CT molecular complexity index is 931. The van der Waals surface area contributed by atoms with Gasteiger partial charge in [-0.3, -0.25) is 18.8 Å². The van der Waals surface area contributed by atoms with E-state index >= 15 is 0 Å². The number of hydrogen-bond acceptors (Lipinski definition) is 4. The number of benzene rings is 1. The van der Waals surface area contributed by atoms with E-state index in [1.807, 2.05) is 24.3 Å². The predicted octanol–water partition coefficient (Wildman–Crippen LogP) is 1.76. The van der Waals surface area contributed by atoms with E-state index in [4.69, 9.17) is 0 Å². The molecule has 118 valence electrons. The molecular formula is C15H14IN5O2. The van der Waals surface area contributed by atoms with Crippen LogP contribution in [0.2, 0.25) is 0 Å². The number of fused-ring (bicyclic) bond motifs is 1. The Morgan fingerprint density at radius 3 is 2.91 bits per heavy atom. The zero-order valence-corrected chi connectivity index (χ0v) is 14.5. The minimum absolute atomic E-state index is 0.146. The van der Waals surface area contributed by atoms with E-state index in [2.05, 4.69) is 38.0 Å². The molecule has 2 heterocycles. The smallest absolute Gasteiger partial charge is 0.264 e. The highest BCUT2D eigenvalue weighted by Gasteiger charge is 2.10. The van der Waals surface area contributed by atoms with Crippen LogP contribution in [-0.4, -0.2) is 25.2 Å². The van der Waals surface area contributed by atoms with Crippen molar-refractivity contribution < 1.29 is 4.79 Å². The molecule has 0 aliphatic carbocycles. The number of carbonyl (C=O) groups is 1. The monoisotopic (exact) mass is 423 g/mol. The number of nitrogens with one attached hydrogen (secondary N) is 1. The topological polar surface area (TPSA) is 81.8 Å². The highest BCUT2D eigenvalue weighted by Crippen LogP contribution is 2.17. The van der Waals surface area contributed by atoms with Crippen molar-refractivity contribution in [1.82, 2.24) is 19.3 Å². The first-order valence-electron chi connectivity index (χ1n) is 6.98. The fourth-order valence-corrected chi connectivity index (χ4v) is 2.75. The van der Waals surface area contributed by atoms with E-state index in [0.717, 1.165) is 9.26 Å². The Labute approximate surface area is 145 Å². The summed E-state index contributed by atoms with van der Waals surface area (Å²) in [7, 11) is 1.73. The normalized spacial score (nSPS) is 10.9. The first-order valence-corrected chi connectivity index (χ1v) is 8.05. The number of rotatable bonds is 4. The molecule has 0 radical (unpaired) electrons. The first kappa shape index (κ1) is 15.7. The fourth-order valence-electron chi connectivity index (χ4n) is 2.22. The number of halogens is 1. The van der Waals surface area contributed by atoms with Gasteiger partial charge < -0.3 is 5.32 Å². The van der Waals surface area contributed by atoms with Crippen LogP contribution in [0.15, 0.2) is 41.6 Å². The molecule has 7 nitrogen and oxygen atoms in total. The van der Waals surface area contributed by atoms with Gasteiger partial charge in [0.2, 0.25) is 5.91 Å². The van der Waals surface area contributed by atoms with E-state index in [0.29, 0.717) is 11.0 Å². The Hall–Kier alpha value is -2.23. The van der Waals surface area contributed by atoms with Gasteiger partial charge in [0, 0.05) is 23.6 Å². The van der Waals surface area contributed by atoms with Crippen LogP contribution in [0.3, 0.4) is 0 Å². The molecule has 0 aliphatic heterocycles. The first-order chi connectivity index (χ1) is 11.1. The lowest BCUT2D eigenvalue weighted by molar-refractivity contribution is -0.116. The second-order valence-electron chi connectivity index (χ2n) is 5.03. The molecule has 8 heteroatoms. The van der Waals surface area contributed by atoms with Crippen molar-refractivity contribution in [2.75, 3.05) is 5.32 Å². The average molecular weight is 423 g/mol. The summed E-state index contributed by atoms with van der Waals surface area (Å²) in [5.74, 6) is -0.146. The summed E-state index contributed by atoms with van der Waals surface area (Å²) in [6.45, 7) is 0.270. The van der Waals surface area contributed by atoms with Gasteiger partial charge in [0.05, 0.1) is 18.2 Å². The largest absolute Gasteiger partial charge is 0.325 e. The lowest BCUT2D eigenvalue weighted by Gasteiger charge is -2.08. The minimum atomic E-state index is -0.190. The van der Waals surface area contributed by atoms with Crippen LogP contribution in [0, 0.1) is 3.57 Å². The highest BCUT2D eigenvalue weighted by molar-refractivity contribution is 14.1. The lowest BCUT2D eigenvalue weighted by Crippen LogP contribution is -2.23. The number of para-hydroxylation sites is 1. The van der Waals surface area contributed by atoms with E-state index in [9.17, 15) is 9.59 Å². The second-order valence-corrected chi connectivity index (χ2v) is 6.19. The van der Waals surface area contributed by atoms with Crippen LogP contribution in [-0.2, 0) is 18.4 Å². The third kappa shape index (κ3) is 3.26. The Kier molecular flexibility index (Phi) is 4.42. The van der Waals surface area contributed by atoms with Gasteiger partial charge in [-0.2, -0.15) is 5.10 Å². The van der Waals surface area contributed by atoms with Crippen molar-refractivity contribution in [2.45, 2.75) is 13.0 Å². The van der Waals surface area contributed by atoms with Crippen LogP contribution in [0.25, 0.3) is 11.0 Å². The van der Waals surface area contributed by atoms with Gasteiger partial charge in [-0.25, -0.2) is 4.98 Å². The molecule has 1 amide bonds. The van der Waals surface area contributed by atoms with Crippen molar-refractivity contribution in [3.63, 3.8) is 0 Å². The lowest BCUT2D eigenvalue weighted by atomic mass is 10.3. The van der Waals surface area contributed by atoms with Crippen molar-refractivity contribution in [3.8, 4) is 0 Å². The zero-order valence-electron chi connectivity index (χ0n) is 12.4. The number of anilines is 1. The number of nitrogens with zero attached hydrogens (tertiary/aromatic N) is 4. The number of aryl methyl sites for hydroxylation is 2. The van der Waals surface area contributed by atoms with E-state index in [1.165, 1.54) is 17.1 Å². The van der Waals surface area contributed by atoms with Crippen molar-refractivity contribution in [2.24, 2.45) is 7.05 Å².